The normalized spacial score (nSPS) is 14.1. The predicted octanol–water partition coefficient (Wildman–Crippen LogP) is 4.02. The first kappa shape index (κ1) is 21.3. The first-order valence-corrected chi connectivity index (χ1v) is 9.25. The van der Waals surface area contributed by atoms with E-state index in [2.05, 4.69) is 0 Å². The smallest absolute Gasteiger partial charge is 0.259 e. The van der Waals surface area contributed by atoms with Crippen LogP contribution in [-0.2, 0) is 0 Å². The number of benzene rings is 2. The van der Waals surface area contributed by atoms with E-state index >= 15 is 0 Å². The highest BCUT2D eigenvalue weighted by molar-refractivity contribution is 6.37. The quantitative estimate of drug-likeness (QED) is 0.669. The molecule has 3 rings (SSSR count). The number of rotatable bonds is 3. The van der Waals surface area contributed by atoms with Gasteiger partial charge in [0.1, 0.15) is 5.56 Å². The maximum atomic E-state index is 13.9. The fourth-order valence-electron chi connectivity index (χ4n) is 3.06. The standard InChI is InChI=1S/C19H15Cl2F3N2O3/c1-29-17-12(21)4-3-11(20)14(17)19(28)26-8-6-25(7-9-26)18(27)10-2-5-13(22)16(24)15(10)23/h2-5H,6-9H2,1H3. The lowest BCUT2D eigenvalue weighted by atomic mass is 10.1. The number of hydrogen-bond acceptors (Lipinski definition) is 3. The number of halogens is 5. The van der Waals surface area contributed by atoms with Crippen molar-refractivity contribution in [3.05, 3.63) is 62.9 Å². The van der Waals surface area contributed by atoms with E-state index in [0.717, 1.165) is 6.07 Å². The Morgan fingerprint density at radius 2 is 1.41 bits per heavy atom. The van der Waals surface area contributed by atoms with Gasteiger partial charge in [-0.25, -0.2) is 13.2 Å². The second-order valence-corrected chi connectivity index (χ2v) is 7.06. The molecule has 0 radical (unpaired) electrons. The van der Waals surface area contributed by atoms with Crippen molar-refractivity contribution < 1.29 is 27.5 Å². The molecule has 0 bridgehead atoms. The maximum absolute atomic E-state index is 13.9. The van der Waals surface area contributed by atoms with Gasteiger partial charge in [0.15, 0.2) is 23.2 Å². The highest BCUT2D eigenvalue weighted by Gasteiger charge is 2.30. The molecule has 1 heterocycles. The Kier molecular flexibility index (Phi) is 6.24. The van der Waals surface area contributed by atoms with Gasteiger partial charge in [0, 0.05) is 26.2 Å². The van der Waals surface area contributed by atoms with Gasteiger partial charge in [-0.1, -0.05) is 23.2 Å². The predicted molar refractivity (Wildman–Crippen MR) is 101 cm³/mol. The Bertz CT molecular complexity index is 980. The summed E-state index contributed by atoms with van der Waals surface area (Å²) >= 11 is 12.2. The second kappa shape index (κ2) is 8.51. The molecule has 29 heavy (non-hydrogen) atoms. The van der Waals surface area contributed by atoms with Crippen molar-refractivity contribution in [1.82, 2.24) is 9.80 Å². The number of amides is 2. The van der Waals surface area contributed by atoms with Crippen molar-refractivity contribution in [2.75, 3.05) is 33.3 Å². The summed E-state index contributed by atoms with van der Waals surface area (Å²) in [5.41, 5.74) is -0.462. The molecule has 154 valence electrons. The number of carbonyl (C=O) groups is 2. The Hall–Kier alpha value is -2.45. The average Bonchev–Trinajstić information content (AvgIpc) is 2.72. The molecule has 1 saturated heterocycles. The van der Waals surface area contributed by atoms with E-state index in [-0.39, 0.29) is 47.5 Å². The van der Waals surface area contributed by atoms with Gasteiger partial charge >= 0.3 is 0 Å². The van der Waals surface area contributed by atoms with E-state index < -0.39 is 34.8 Å². The molecule has 2 aromatic rings. The monoisotopic (exact) mass is 446 g/mol. The first-order valence-electron chi connectivity index (χ1n) is 8.50. The topological polar surface area (TPSA) is 49.9 Å². The highest BCUT2D eigenvalue weighted by Crippen LogP contribution is 2.35. The molecular formula is C19H15Cl2F3N2O3. The summed E-state index contributed by atoms with van der Waals surface area (Å²) in [6, 6.07) is 4.57. The van der Waals surface area contributed by atoms with Crippen molar-refractivity contribution >= 4 is 35.0 Å². The van der Waals surface area contributed by atoms with Crippen LogP contribution in [-0.4, -0.2) is 54.9 Å². The Morgan fingerprint density at radius 1 is 0.862 bits per heavy atom. The number of ether oxygens (including phenoxy) is 1. The molecule has 1 fully saturated rings. The molecule has 0 saturated carbocycles. The lowest BCUT2D eigenvalue weighted by molar-refractivity contribution is 0.0530. The lowest BCUT2D eigenvalue weighted by Crippen LogP contribution is -2.50. The fraction of sp³-hybridized carbons (Fsp3) is 0.263. The summed E-state index contributed by atoms with van der Waals surface area (Å²) in [4.78, 5) is 28.1. The average molecular weight is 447 g/mol. The third-order valence-electron chi connectivity index (χ3n) is 4.60. The van der Waals surface area contributed by atoms with Crippen LogP contribution in [0.4, 0.5) is 13.2 Å². The zero-order valence-corrected chi connectivity index (χ0v) is 16.7. The number of carbonyl (C=O) groups excluding carboxylic acids is 2. The van der Waals surface area contributed by atoms with Crippen molar-refractivity contribution in [3.63, 3.8) is 0 Å². The van der Waals surface area contributed by atoms with Crippen LogP contribution >= 0.6 is 23.2 Å². The van der Waals surface area contributed by atoms with E-state index in [1.165, 1.54) is 29.0 Å². The van der Waals surface area contributed by atoms with E-state index in [1.54, 1.807) is 0 Å². The fourth-order valence-corrected chi connectivity index (χ4v) is 3.53. The van der Waals surface area contributed by atoms with Crippen molar-refractivity contribution in [2.24, 2.45) is 0 Å². The number of hydrogen-bond donors (Lipinski definition) is 0. The van der Waals surface area contributed by atoms with E-state index in [1.807, 2.05) is 0 Å². The van der Waals surface area contributed by atoms with Gasteiger partial charge in [0.2, 0.25) is 0 Å². The summed E-state index contributed by atoms with van der Waals surface area (Å²) in [6.45, 7) is 0.400. The minimum absolute atomic E-state index is 0.0729. The van der Waals surface area contributed by atoms with Crippen LogP contribution in [0.1, 0.15) is 20.7 Å². The molecule has 0 spiro atoms. The first-order chi connectivity index (χ1) is 13.8. The molecule has 2 aromatic carbocycles. The summed E-state index contributed by atoms with van der Waals surface area (Å²) in [5, 5.41) is 0.390. The van der Waals surface area contributed by atoms with E-state index in [0.29, 0.717) is 6.07 Å². The minimum atomic E-state index is -1.70. The molecule has 0 N–H and O–H groups in total. The summed E-state index contributed by atoms with van der Waals surface area (Å²) in [7, 11) is 1.36. The van der Waals surface area contributed by atoms with Gasteiger partial charge < -0.3 is 14.5 Å². The van der Waals surface area contributed by atoms with Gasteiger partial charge in [-0.05, 0) is 24.3 Å². The van der Waals surface area contributed by atoms with Gasteiger partial charge in [-0.2, -0.15) is 0 Å². The zero-order chi connectivity index (χ0) is 21.3. The maximum Gasteiger partial charge on any atom is 0.259 e. The molecule has 1 aliphatic heterocycles. The second-order valence-electron chi connectivity index (χ2n) is 6.24. The van der Waals surface area contributed by atoms with Crippen LogP contribution < -0.4 is 4.74 Å². The van der Waals surface area contributed by atoms with E-state index in [4.69, 9.17) is 27.9 Å². The SMILES string of the molecule is COc1c(Cl)ccc(Cl)c1C(=O)N1CCN(C(=O)c2ccc(F)c(F)c2F)CC1. The Balaban J connectivity index is 1.75. The van der Waals surface area contributed by atoms with Crippen LogP contribution in [0.25, 0.3) is 0 Å². The van der Waals surface area contributed by atoms with Crippen molar-refractivity contribution in [3.8, 4) is 5.75 Å². The number of piperazine rings is 1. The molecule has 10 heteroatoms. The largest absolute Gasteiger partial charge is 0.494 e. The number of nitrogens with zero attached hydrogens (tertiary/aromatic N) is 2. The lowest BCUT2D eigenvalue weighted by Gasteiger charge is -2.35. The molecule has 0 aliphatic carbocycles. The summed E-state index contributed by atoms with van der Waals surface area (Å²) < 4.78 is 45.6. The third-order valence-corrected chi connectivity index (χ3v) is 5.21. The van der Waals surface area contributed by atoms with Crippen LogP contribution in [0.15, 0.2) is 24.3 Å². The molecule has 0 unspecified atom stereocenters. The van der Waals surface area contributed by atoms with Gasteiger partial charge in [-0.15, -0.1) is 0 Å². The minimum Gasteiger partial charge on any atom is -0.494 e. The third kappa shape index (κ3) is 4.00. The van der Waals surface area contributed by atoms with E-state index in [9.17, 15) is 22.8 Å². The molecular weight excluding hydrogens is 432 g/mol. The molecule has 1 aliphatic rings. The molecule has 0 aromatic heterocycles. The van der Waals surface area contributed by atoms with Crippen molar-refractivity contribution in [2.45, 2.75) is 0 Å². The molecule has 5 nitrogen and oxygen atoms in total. The summed E-state index contributed by atoms with van der Waals surface area (Å²) in [5.74, 6) is -5.68. The van der Waals surface area contributed by atoms with Gasteiger partial charge in [-0.3, -0.25) is 9.59 Å². The Morgan fingerprint density at radius 3 is 2.00 bits per heavy atom. The van der Waals surface area contributed by atoms with Crippen LogP contribution in [0.5, 0.6) is 5.75 Å². The highest BCUT2D eigenvalue weighted by atomic mass is 35.5. The summed E-state index contributed by atoms with van der Waals surface area (Å²) in [6.07, 6.45) is 0. The van der Waals surface area contributed by atoms with Crippen LogP contribution in [0, 0.1) is 17.5 Å². The van der Waals surface area contributed by atoms with Crippen LogP contribution in [0.2, 0.25) is 10.0 Å². The van der Waals surface area contributed by atoms with Gasteiger partial charge in [0.25, 0.3) is 11.8 Å². The molecule has 0 atom stereocenters. The van der Waals surface area contributed by atoms with Crippen molar-refractivity contribution in [1.29, 1.82) is 0 Å². The number of methoxy groups -OCH3 is 1. The molecule has 2 amide bonds. The zero-order valence-electron chi connectivity index (χ0n) is 15.1. The van der Waals surface area contributed by atoms with Gasteiger partial charge in [0.05, 0.1) is 22.7 Å². The Labute approximate surface area is 174 Å². The van der Waals surface area contributed by atoms with Crippen LogP contribution in [0.3, 0.4) is 0 Å².